The van der Waals surface area contributed by atoms with Crippen molar-refractivity contribution in [2.24, 2.45) is 5.92 Å². The first-order valence-corrected chi connectivity index (χ1v) is 6.28. The first-order valence-electron chi connectivity index (χ1n) is 6.28. The Bertz CT molecular complexity index is 348. The van der Waals surface area contributed by atoms with Gasteiger partial charge in [0.15, 0.2) is 0 Å². The average Bonchev–Trinajstić information content (AvgIpc) is 2.38. The van der Waals surface area contributed by atoms with Crippen molar-refractivity contribution >= 4 is 0 Å². The zero-order chi connectivity index (χ0) is 12.1. The maximum atomic E-state index is 5.81. The first-order chi connectivity index (χ1) is 8.35. The van der Waals surface area contributed by atoms with Crippen LogP contribution in [-0.4, -0.2) is 32.9 Å². The Kier molecular flexibility index (Phi) is 4.40. The minimum absolute atomic E-state index is 0.373. The normalized spacial score (nSPS) is 20.5. The molecule has 1 aromatic carbocycles. The Hall–Kier alpha value is -1.06. The summed E-state index contributed by atoms with van der Waals surface area (Å²) in [6, 6.07) is 8.67. The van der Waals surface area contributed by atoms with E-state index >= 15 is 0 Å². The molecule has 2 atom stereocenters. The summed E-state index contributed by atoms with van der Waals surface area (Å²) >= 11 is 0. The van der Waals surface area contributed by atoms with E-state index in [0.717, 1.165) is 31.9 Å². The second kappa shape index (κ2) is 6.03. The van der Waals surface area contributed by atoms with Crippen LogP contribution < -0.4 is 10.1 Å². The van der Waals surface area contributed by atoms with Gasteiger partial charge in [0.05, 0.1) is 13.2 Å². The number of hydrogen-bond donors (Lipinski definition) is 1. The molecule has 0 saturated carbocycles. The van der Waals surface area contributed by atoms with Gasteiger partial charge in [-0.05, 0) is 24.6 Å². The average molecular weight is 235 g/mol. The second-order valence-electron chi connectivity index (χ2n) is 4.50. The molecule has 0 aromatic heterocycles. The molecule has 1 aliphatic rings. The molecule has 0 saturated heterocycles. The van der Waals surface area contributed by atoms with Gasteiger partial charge in [-0.1, -0.05) is 25.1 Å². The van der Waals surface area contributed by atoms with Crippen molar-refractivity contribution < 1.29 is 9.47 Å². The van der Waals surface area contributed by atoms with Crippen LogP contribution in [0.5, 0.6) is 5.75 Å². The third kappa shape index (κ3) is 2.99. The predicted octanol–water partition coefficient (Wildman–Crippen LogP) is 1.86. The van der Waals surface area contributed by atoms with Crippen LogP contribution in [0.3, 0.4) is 0 Å². The van der Waals surface area contributed by atoms with E-state index in [2.05, 4.69) is 24.4 Å². The molecular weight excluding hydrogens is 214 g/mol. The van der Waals surface area contributed by atoms with E-state index in [1.807, 2.05) is 12.1 Å². The number of methoxy groups -OCH3 is 1. The largest absolute Gasteiger partial charge is 0.493 e. The van der Waals surface area contributed by atoms with Crippen molar-refractivity contribution in [2.45, 2.75) is 19.4 Å². The summed E-state index contributed by atoms with van der Waals surface area (Å²) in [5.74, 6) is 1.53. The minimum Gasteiger partial charge on any atom is -0.493 e. The summed E-state index contributed by atoms with van der Waals surface area (Å²) in [5.41, 5.74) is 1.31. The van der Waals surface area contributed by atoms with Gasteiger partial charge < -0.3 is 14.8 Å². The number of ether oxygens (including phenoxy) is 2. The SMILES string of the molecule is CCNC(COC)C1COc2ccccc2C1. The zero-order valence-electron chi connectivity index (χ0n) is 10.6. The molecule has 0 spiro atoms. The lowest BCUT2D eigenvalue weighted by atomic mass is 9.90. The number of benzene rings is 1. The Morgan fingerprint density at radius 2 is 2.29 bits per heavy atom. The van der Waals surface area contributed by atoms with Gasteiger partial charge in [-0.2, -0.15) is 0 Å². The number of rotatable bonds is 5. The highest BCUT2D eigenvalue weighted by atomic mass is 16.5. The van der Waals surface area contributed by atoms with E-state index in [4.69, 9.17) is 9.47 Å². The number of likely N-dealkylation sites (N-methyl/N-ethyl adjacent to an activating group) is 1. The van der Waals surface area contributed by atoms with Crippen LogP contribution in [0, 0.1) is 5.92 Å². The molecule has 17 heavy (non-hydrogen) atoms. The van der Waals surface area contributed by atoms with Crippen molar-refractivity contribution in [1.82, 2.24) is 5.32 Å². The molecule has 0 aliphatic carbocycles. The molecule has 3 nitrogen and oxygen atoms in total. The molecule has 94 valence electrons. The highest BCUT2D eigenvalue weighted by molar-refractivity contribution is 5.35. The third-order valence-electron chi connectivity index (χ3n) is 3.29. The fraction of sp³-hybridized carbons (Fsp3) is 0.571. The minimum atomic E-state index is 0.373. The van der Waals surface area contributed by atoms with E-state index in [9.17, 15) is 0 Å². The number of para-hydroxylation sites is 1. The van der Waals surface area contributed by atoms with E-state index in [1.165, 1.54) is 5.56 Å². The highest BCUT2D eigenvalue weighted by Crippen LogP contribution is 2.28. The van der Waals surface area contributed by atoms with E-state index in [-0.39, 0.29) is 0 Å². The van der Waals surface area contributed by atoms with Gasteiger partial charge in [-0.3, -0.25) is 0 Å². The highest BCUT2D eigenvalue weighted by Gasteiger charge is 2.26. The van der Waals surface area contributed by atoms with Gasteiger partial charge in [0.1, 0.15) is 5.75 Å². The topological polar surface area (TPSA) is 30.5 Å². The Labute approximate surface area is 103 Å². The van der Waals surface area contributed by atoms with Gasteiger partial charge in [0, 0.05) is 19.1 Å². The van der Waals surface area contributed by atoms with Crippen molar-refractivity contribution in [3.63, 3.8) is 0 Å². The van der Waals surface area contributed by atoms with Crippen LogP contribution in [0.4, 0.5) is 0 Å². The maximum absolute atomic E-state index is 5.81. The summed E-state index contributed by atoms with van der Waals surface area (Å²) in [7, 11) is 1.75. The number of hydrogen-bond acceptors (Lipinski definition) is 3. The van der Waals surface area contributed by atoms with Crippen molar-refractivity contribution in [3.8, 4) is 5.75 Å². The summed E-state index contributed by atoms with van der Waals surface area (Å²) in [6.07, 6.45) is 1.07. The fourth-order valence-corrected chi connectivity index (χ4v) is 2.41. The van der Waals surface area contributed by atoms with Gasteiger partial charge in [-0.15, -0.1) is 0 Å². The zero-order valence-corrected chi connectivity index (χ0v) is 10.6. The number of nitrogens with one attached hydrogen (secondary N) is 1. The van der Waals surface area contributed by atoms with Crippen molar-refractivity contribution in [1.29, 1.82) is 0 Å². The first kappa shape index (κ1) is 12.4. The van der Waals surface area contributed by atoms with Gasteiger partial charge in [0.25, 0.3) is 0 Å². The lowest BCUT2D eigenvalue weighted by molar-refractivity contribution is 0.108. The third-order valence-corrected chi connectivity index (χ3v) is 3.29. The van der Waals surface area contributed by atoms with Crippen LogP contribution in [0.15, 0.2) is 24.3 Å². The molecule has 0 fully saturated rings. The van der Waals surface area contributed by atoms with Crippen LogP contribution >= 0.6 is 0 Å². The van der Waals surface area contributed by atoms with Crippen molar-refractivity contribution in [3.05, 3.63) is 29.8 Å². The van der Waals surface area contributed by atoms with E-state index in [1.54, 1.807) is 7.11 Å². The van der Waals surface area contributed by atoms with E-state index in [0.29, 0.717) is 12.0 Å². The Balaban J connectivity index is 2.04. The standard InChI is InChI=1S/C14H21NO2/c1-3-15-13(10-16-2)12-8-11-6-4-5-7-14(11)17-9-12/h4-7,12-13,15H,3,8-10H2,1-2H3. The van der Waals surface area contributed by atoms with Crippen LogP contribution in [-0.2, 0) is 11.2 Å². The second-order valence-corrected chi connectivity index (χ2v) is 4.50. The quantitative estimate of drug-likeness (QED) is 0.845. The molecule has 1 heterocycles. The van der Waals surface area contributed by atoms with Gasteiger partial charge in [0.2, 0.25) is 0 Å². The lowest BCUT2D eigenvalue weighted by Gasteiger charge is -2.31. The molecule has 0 bridgehead atoms. The number of fused-ring (bicyclic) bond motifs is 1. The molecule has 3 heteroatoms. The summed E-state index contributed by atoms with van der Waals surface area (Å²) in [4.78, 5) is 0. The maximum Gasteiger partial charge on any atom is 0.122 e. The predicted molar refractivity (Wildman–Crippen MR) is 68.5 cm³/mol. The molecular formula is C14H21NO2. The Morgan fingerprint density at radius 1 is 1.47 bits per heavy atom. The van der Waals surface area contributed by atoms with Crippen LogP contribution in [0.2, 0.25) is 0 Å². The van der Waals surface area contributed by atoms with Gasteiger partial charge in [-0.25, -0.2) is 0 Å². The molecule has 0 radical (unpaired) electrons. The summed E-state index contributed by atoms with van der Waals surface area (Å²) in [6.45, 7) is 4.61. The summed E-state index contributed by atoms with van der Waals surface area (Å²) in [5, 5.41) is 3.48. The van der Waals surface area contributed by atoms with Crippen LogP contribution in [0.1, 0.15) is 12.5 Å². The molecule has 0 amide bonds. The van der Waals surface area contributed by atoms with Crippen LogP contribution in [0.25, 0.3) is 0 Å². The molecule has 2 unspecified atom stereocenters. The molecule has 1 N–H and O–H groups in total. The smallest absolute Gasteiger partial charge is 0.122 e. The lowest BCUT2D eigenvalue weighted by Crippen LogP contribution is -2.44. The van der Waals surface area contributed by atoms with Gasteiger partial charge >= 0.3 is 0 Å². The molecule has 2 rings (SSSR count). The molecule has 1 aliphatic heterocycles. The molecule has 1 aromatic rings. The van der Waals surface area contributed by atoms with Crippen molar-refractivity contribution in [2.75, 3.05) is 26.9 Å². The fourth-order valence-electron chi connectivity index (χ4n) is 2.41. The Morgan fingerprint density at radius 3 is 3.06 bits per heavy atom. The monoisotopic (exact) mass is 235 g/mol. The summed E-state index contributed by atoms with van der Waals surface area (Å²) < 4.78 is 11.1. The van der Waals surface area contributed by atoms with E-state index < -0.39 is 0 Å².